The van der Waals surface area contributed by atoms with Crippen molar-refractivity contribution < 1.29 is 22.7 Å². The Morgan fingerprint density at radius 3 is 2.33 bits per heavy atom. The number of methoxy groups -OCH3 is 1. The number of hydrogen-bond donors (Lipinski definition) is 2. The van der Waals surface area contributed by atoms with Crippen molar-refractivity contribution in [3.8, 4) is 11.5 Å². The maximum absolute atomic E-state index is 12.1. The fourth-order valence-corrected chi connectivity index (χ4v) is 3.17. The molecule has 0 radical (unpaired) electrons. The van der Waals surface area contributed by atoms with Gasteiger partial charge < -0.3 is 14.8 Å². The molecule has 0 saturated heterocycles. The number of hydrogen-bond acceptors (Lipinski definition) is 5. The Kier molecular flexibility index (Phi) is 7.05. The number of amides is 1. The molecule has 2 aromatic rings. The van der Waals surface area contributed by atoms with Gasteiger partial charge in [0.2, 0.25) is 10.0 Å². The number of benzene rings is 2. The van der Waals surface area contributed by atoms with E-state index in [2.05, 4.69) is 10.0 Å². The first-order chi connectivity index (χ1) is 12.6. The number of sulfonamides is 1. The molecule has 0 bridgehead atoms. The first-order valence-electron chi connectivity index (χ1n) is 7.32. The topological polar surface area (TPSA) is 93.7 Å². The zero-order chi connectivity index (χ0) is 20.2. The van der Waals surface area contributed by atoms with E-state index in [9.17, 15) is 13.2 Å². The number of ether oxygens (including phenoxy) is 2. The molecule has 0 heterocycles. The normalized spacial score (nSPS) is 11.0. The number of nitrogens with one attached hydrogen (secondary N) is 2. The molecule has 0 unspecified atom stereocenters. The summed E-state index contributed by atoms with van der Waals surface area (Å²) in [5.41, 5.74) is 0.636. The Labute approximate surface area is 171 Å². The first kappa shape index (κ1) is 21.4. The van der Waals surface area contributed by atoms with Crippen LogP contribution in [0.25, 0.3) is 0 Å². The van der Waals surface area contributed by atoms with Crippen LogP contribution in [0.4, 0.5) is 11.4 Å². The number of halogens is 3. The van der Waals surface area contributed by atoms with Crippen LogP contribution in [0.3, 0.4) is 0 Å². The fourth-order valence-electron chi connectivity index (χ4n) is 2.01. The summed E-state index contributed by atoms with van der Waals surface area (Å²) < 4.78 is 35.5. The SMILES string of the molecule is COc1cc(NC(=O)COc2cc(Cl)c(Cl)cc2Cl)ccc1NS(C)(=O)=O. The highest BCUT2D eigenvalue weighted by Gasteiger charge is 2.12. The van der Waals surface area contributed by atoms with E-state index < -0.39 is 15.9 Å². The van der Waals surface area contributed by atoms with Gasteiger partial charge in [0, 0.05) is 17.8 Å². The average Bonchev–Trinajstić information content (AvgIpc) is 2.57. The van der Waals surface area contributed by atoms with Crippen LogP contribution in [0.5, 0.6) is 11.5 Å². The molecule has 0 aliphatic carbocycles. The van der Waals surface area contributed by atoms with Crippen LogP contribution in [-0.4, -0.2) is 34.3 Å². The van der Waals surface area contributed by atoms with Crippen LogP contribution in [-0.2, 0) is 14.8 Å². The lowest BCUT2D eigenvalue weighted by Gasteiger charge is -2.13. The first-order valence-corrected chi connectivity index (χ1v) is 10.3. The highest BCUT2D eigenvalue weighted by atomic mass is 35.5. The summed E-state index contributed by atoms with van der Waals surface area (Å²) >= 11 is 17.7. The molecule has 2 N–H and O–H groups in total. The third-order valence-corrected chi connectivity index (χ3v) is 4.72. The van der Waals surface area contributed by atoms with Crippen molar-refractivity contribution in [2.45, 2.75) is 0 Å². The Balaban J connectivity index is 2.04. The standard InChI is InChI=1S/C16H15Cl3N2O5S/c1-25-15-5-9(3-4-13(15)21-27(2,23)24)20-16(22)8-26-14-7-11(18)10(17)6-12(14)19/h3-7,21H,8H2,1-2H3,(H,20,22). The highest BCUT2D eigenvalue weighted by molar-refractivity contribution is 7.92. The summed E-state index contributed by atoms with van der Waals surface area (Å²) in [5.74, 6) is -0.0128. The second kappa shape index (κ2) is 8.88. The van der Waals surface area contributed by atoms with Crippen molar-refractivity contribution in [3.63, 3.8) is 0 Å². The minimum Gasteiger partial charge on any atom is -0.494 e. The van der Waals surface area contributed by atoms with Crippen molar-refractivity contribution in [3.05, 3.63) is 45.4 Å². The monoisotopic (exact) mass is 452 g/mol. The molecule has 27 heavy (non-hydrogen) atoms. The number of carbonyl (C=O) groups is 1. The van der Waals surface area contributed by atoms with Crippen LogP contribution in [0.1, 0.15) is 0 Å². The molecule has 1 amide bonds. The van der Waals surface area contributed by atoms with Gasteiger partial charge in [-0.25, -0.2) is 8.42 Å². The number of rotatable bonds is 7. The minimum atomic E-state index is -3.47. The van der Waals surface area contributed by atoms with Gasteiger partial charge >= 0.3 is 0 Å². The van der Waals surface area contributed by atoms with E-state index >= 15 is 0 Å². The molecule has 0 aliphatic rings. The molecule has 0 aliphatic heterocycles. The Morgan fingerprint density at radius 2 is 1.70 bits per heavy atom. The summed E-state index contributed by atoms with van der Waals surface area (Å²) in [6, 6.07) is 7.27. The van der Waals surface area contributed by atoms with Gasteiger partial charge in [0.05, 0.1) is 34.1 Å². The second-order valence-electron chi connectivity index (χ2n) is 5.32. The van der Waals surface area contributed by atoms with Crippen LogP contribution >= 0.6 is 34.8 Å². The smallest absolute Gasteiger partial charge is 0.262 e. The van der Waals surface area contributed by atoms with E-state index in [1.54, 1.807) is 0 Å². The van der Waals surface area contributed by atoms with Crippen molar-refractivity contribution in [2.24, 2.45) is 0 Å². The van der Waals surface area contributed by atoms with Crippen LogP contribution in [0, 0.1) is 0 Å². The zero-order valence-electron chi connectivity index (χ0n) is 14.2. The Morgan fingerprint density at radius 1 is 1.04 bits per heavy atom. The summed E-state index contributed by atoms with van der Waals surface area (Å²) in [7, 11) is -2.09. The molecule has 0 fully saturated rings. The fraction of sp³-hybridized carbons (Fsp3) is 0.188. The van der Waals surface area contributed by atoms with E-state index in [-0.39, 0.29) is 38.9 Å². The van der Waals surface area contributed by atoms with E-state index in [4.69, 9.17) is 44.3 Å². The Hall–Kier alpha value is -1.87. The van der Waals surface area contributed by atoms with Gasteiger partial charge in [-0.1, -0.05) is 34.8 Å². The lowest BCUT2D eigenvalue weighted by molar-refractivity contribution is -0.118. The molecular weight excluding hydrogens is 439 g/mol. The van der Waals surface area contributed by atoms with Crippen LogP contribution in [0.2, 0.25) is 15.1 Å². The molecule has 146 valence electrons. The van der Waals surface area contributed by atoms with E-state index in [0.717, 1.165) is 6.26 Å². The lowest BCUT2D eigenvalue weighted by atomic mass is 10.2. The minimum absolute atomic E-state index is 0.214. The molecular formula is C16H15Cl3N2O5S. The van der Waals surface area contributed by atoms with E-state index in [1.807, 2.05) is 0 Å². The predicted octanol–water partition coefficient (Wildman–Crippen LogP) is 4.04. The molecule has 0 saturated carbocycles. The maximum Gasteiger partial charge on any atom is 0.262 e. The third kappa shape index (κ3) is 6.35. The average molecular weight is 454 g/mol. The number of anilines is 2. The van der Waals surface area contributed by atoms with Crippen molar-refractivity contribution in [1.29, 1.82) is 0 Å². The number of carbonyl (C=O) groups excluding carboxylic acids is 1. The third-order valence-electron chi connectivity index (χ3n) is 3.11. The van der Waals surface area contributed by atoms with Crippen molar-refractivity contribution >= 4 is 62.1 Å². The van der Waals surface area contributed by atoms with Gasteiger partial charge in [-0.3, -0.25) is 9.52 Å². The van der Waals surface area contributed by atoms with Crippen molar-refractivity contribution in [1.82, 2.24) is 0 Å². The maximum atomic E-state index is 12.1. The van der Waals surface area contributed by atoms with E-state index in [1.165, 1.54) is 37.4 Å². The lowest BCUT2D eigenvalue weighted by Crippen LogP contribution is -2.20. The second-order valence-corrected chi connectivity index (χ2v) is 8.29. The van der Waals surface area contributed by atoms with Crippen LogP contribution in [0.15, 0.2) is 30.3 Å². The van der Waals surface area contributed by atoms with Gasteiger partial charge in [-0.15, -0.1) is 0 Å². The molecule has 11 heteroatoms. The molecule has 0 spiro atoms. The molecule has 0 aromatic heterocycles. The summed E-state index contributed by atoms with van der Waals surface area (Å²) in [6.45, 7) is -0.330. The summed E-state index contributed by atoms with van der Waals surface area (Å²) in [6.07, 6.45) is 1.02. The zero-order valence-corrected chi connectivity index (χ0v) is 17.3. The summed E-state index contributed by atoms with van der Waals surface area (Å²) in [5, 5.41) is 3.33. The van der Waals surface area contributed by atoms with Gasteiger partial charge in [-0.2, -0.15) is 0 Å². The predicted molar refractivity (Wildman–Crippen MR) is 107 cm³/mol. The van der Waals surface area contributed by atoms with Gasteiger partial charge in [-0.05, 0) is 18.2 Å². The van der Waals surface area contributed by atoms with Crippen molar-refractivity contribution in [2.75, 3.05) is 30.0 Å². The van der Waals surface area contributed by atoms with Gasteiger partial charge in [0.15, 0.2) is 6.61 Å². The van der Waals surface area contributed by atoms with Gasteiger partial charge in [0.25, 0.3) is 5.91 Å². The Bertz CT molecular complexity index is 967. The largest absolute Gasteiger partial charge is 0.494 e. The summed E-state index contributed by atoms with van der Waals surface area (Å²) in [4.78, 5) is 12.1. The molecule has 2 aromatic carbocycles. The quantitative estimate of drug-likeness (QED) is 0.617. The van der Waals surface area contributed by atoms with Gasteiger partial charge in [0.1, 0.15) is 11.5 Å². The van der Waals surface area contributed by atoms with Crippen LogP contribution < -0.4 is 19.5 Å². The molecule has 7 nitrogen and oxygen atoms in total. The molecule has 2 rings (SSSR count). The highest BCUT2D eigenvalue weighted by Crippen LogP contribution is 2.34. The molecule has 0 atom stereocenters. The van der Waals surface area contributed by atoms with E-state index in [0.29, 0.717) is 5.69 Å².